The fraction of sp³-hybridized carbons (Fsp3) is 0.364. The lowest BCUT2D eigenvalue weighted by atomic mass is 10.0. The molecule has 0 aromatic heterocycles. The zero-order valence-corrected chi connectivity index (χ0v) is 9.58. The molecule has 1 aromatic rings. The minimum Gasteiger partial charge on any atom is -0.464 e. The zero-order chi connectivity index (χ0) is 12.1. The van der Waals surface area contributed by atoms with Gasteiger partial charge in [-0.2, -0.15) is 0 Å². The molecule has 1 aromatic carbocycles. The van der Waals surface area contributed by atoms with Crippen molar-refractivity contribution in [2.45, 2.75) is 19.1 Å². The van der Waals surface area contributed by atoms with Gasteiger partial charge in [-0.05, 0) is 24.6 Å². The van der Waals surface area contributed by atoms with E-state index >= 15 is 0 Å². The van der Waals surface area contributed by atoms with Gasteiger partial charge in [-0.1, -0.05) is 23.7 Å². The van der Waals surface area contributed by atoms with Crippen LogP contribution in [-0.2, 0) is 9.53 Å². The Morgan fingerprint density at radius 1 is 1.62 bits per heavy atom. The van der Waals surface area contributed by atoms with Gasteiger partial charge in [-0.15, -0.1) is 0 Å². The highest BCUT2D eigenvalue weighted by molar-refractivity contribution is 6.30. The van der Waals surface area contributed by atoms with Gasteiger partial charge < -0.3 is 10.5 Å². The molecule has 0 saturated carbocycles. The van der Waals surface area contributed by atoms with E-state index in [9.17, 15) is 9.18 Å². The fourth-order valence-corrected chi connectivity index (χ4v) is 1.45. The maximum absolute atomic E-state index is 13.6. The molecule has 1 rings (SSSR count). The molecular formula is C11H13ClFNO2. The third-order valence-corrected chi connectivity index (χ3v) is 2.30. The molecule has 0 aliphatic rings. The largest absolute Gasteiger partial charge is 0.464 e. The van der Waals surface area contributed by atoms with Gasteiger partial charge in [0, 0.05) is 5.02 Å². The molecule has 2 N–H and O–H groups in total. The minimum atomic E-state index is -1.88. The van der Waals surface area contributed by atoms with Crippen molar-refractivity contribution in [1.82, 2.24) is 0 Å². The van der Waals surface area contributed by atoms with Crippen molar-refractivity contribution in [3.05, 3.63) is 34.9 Å². The van der Waals surface area contributed by atoms with Gasteiger partial charge in [-0.3, -0.25) is 0 Å². The van der Waals surface area contributed by atoms with Gasteiger partial charge >= 0.3 is 5.97 Å². The second-order valence-corrected chi connectivity index (χ2v) is 3.67. The number of esters is 1. The Hall–Kier alpha value is -1.13. The molecule has 0 fully saturated rings. The molecule has 3 nitrogen and oxygen atoms in total. The Morgan fingerprint density at radius 2 is 2.31 bits per heavy atom. The lowest BCUT2D eigenvalue weighted by molar-refractivity contribution is -0.149. The predicted octanol–water partition coefficient (Wildman–Crippen LogP) is 2.24. The molecule has 16 heavy (non-hydrogen) atoms. The highest BCUT2D eigenvalue weighted by Crippen LogP contribution is 2.21. The summed E-state index contributed by atoms with van der Waals surface area (Å²) in [5.74, 6) is -0.949. The molecule has 0 saturated heterocycles. The molecule has 0 aliphatic carbocycles. The predicted molar refractivity (Wildman–Crippen MR) is 59.9 cm³/mol. The first-order valence-electron chi connectivity index (χ1n) is 4.88. The summed E-state index contributed by atoms with van der Waals surface area (Å²) in [5, 5.41) is 0.448. The Morgan fingerprint density at radius 3 is 2.88 bits per heavy atom. The molecule has 88 valence electrons. The second-order valence-electron chi connectivity index (χ2n) is 3.23. The monoisotopic (exact) mass is 245 g/mol. The summed E-state index contributed by atoms with van der Waals surface area (Å²) in [6, 6.07) is 5.38. The van der Waals surface area contributed by atoms with Crippen molar-refractivity contribution in [2.24, 2.45) is 5.73 Å². The molecule has 0 radical (unpaired) electrons. The number of hydrogen-bond donors (Lipinski definition) is 1. The number of carbonyl (C=O) groups is 1. The maximum atomic E-state index is 13.6. The number of benzene rings is 1. The van der Waals surface area contributed by atoms with E-state index in [1.165, 1.54) is 6.07 Å². The van der Waals surface area contributed by atoms with Gasteiger partial charge in [0.2, 0.25) is 6.17 Å². The Bertz CT molecular complexity index is 373. The molecule has 0 heterocycles. The molecule has 2 atom stereocenters. The van der Waals surface area contributed by atoms with E-state index in [0.717, 1.165) is 0 Å². The van der Waals surface area contributed by atoms with Crippen LogP contribution in [0.1, 0.15) is 18.5 Å². The van der Waals surface area contributed by atoms with E-state index in [2.05, 4.69) is 4.74 Å². The molecule has 0 spiro atoms. The lowest BCUT2D eigenvalue weighted by Crippen LogP contribution is -2.31. The Kier molecular flexibility index (Phi) is 4.71. The SMILES string of the molecule is CCOC(=O)C(F)[C@H](N)c1cccc(Cl)c1. The molecule has 0 bridgehead atoms. The minimum absolute atomic E-state index is 0.127. The van der Waals surface area contributed by atoms with Gasteiger partial charge in [0.1, 0.15) is 0 Å². The number of ether oxygens (including phenoxy) is 1. The van der Waals surface area contributed by atoms with Crippen molar-refractivity contribution < 1.29 is 13.9 Å². The fourth-order valence-electron chi connectivity index (χ4n) is 1.25. The number of rotatable bonds is 4. The first kappa shape index (κ1) is 12.9. The average Bonchev–Trinajstić information content (AvgIpc) is 2.27. The summed E-state index contributed by atoms with van der Waals surface area (Å²) in [6.45, 7) is 1.73. The average molecular weight is 246 g/mol. The first-order valence-corrected chi connectivity index (χ1v) is 5.25. The van der Waals surface area contributed by atoms with Crippen LogP contribution >= 0.6 is 11.6 Å². The van der Waals surface area contributed by atoms with Crippen LogP contribution in [0.25, 0.3) is 0 Å². The summed E-state index contributed by atoms with van der Waals surface area (Å²) in [6.07, 6.45) is -1.88. The summed E-state index contributed by atoms with van der Waals surface area (Å²) in [7, 11) is 0. The lowest BCUT2D eigenvalue weighted by Gasteiger charge is -2.15. The van der Waals surface area contributed by atoms with Crippen molar-refractivity contribution >= 4 is 17.6 Å². The van der Waals surface area contributed by atoms with Crippen LogP contribution in [0.2, 0.25) is 5.02 Å². The van der Waals surface area contributed by atoms with Gasteiger partial charge in [0.15, 0.2) is 0 Å². The van der Waals surface area contributed by atoms with Crippen LogP contribution in [0.15, 0.2) is 24.3 Å². The first-order chi connectivity index (χ1) is 7.56. The molecule has 5 heteroatoms. The topological polar surface area (TPSA) is 52.3 Å². The van der Waals surface area contributed by atoms with E-state index in [-0.39, 0.29) is 6.61 Å². The quantitative estimate of drug-likeness (QED) is 0.828. The van der Waals surface area contributed by atoms with E-state index in [0.29, 0.717) is 10.6 Å². The smallest absolute Gasteiger partial charge is 0.342 e. The number of nitrogens with two attached hydrogens (primary N) is 1. The van der Waals surface area contributed by atoms with Crippen molar-refractivity contribution in [3.63, 3.8) is 0 Å². The number of halogens is 2. The summed E-state index contributed by atoms with van der Waals surface area (Å²) >= 11 is 5.74. The van der Waals surface area contributed by atoms with E-state index in [4.69, 9.17) is 17.3 Å². The van der Waals surface area contributed by atoms with Crippen LogP contribution in [0.4, 0.5) is 4.39 Å². The van der Waals surface area contributed by atoms with Crippen molar-refractivity contribution in [1.29, 1.82) is 0 Å². The Balaban J connectivity index is 2.77. The zero-order valence-electron chi connectivity index (χ0n) is 8.82. The standard InChI is InChI=1S/C11H13ClFNO2/c1-2-16-11(15)9(13)10(14)7-4-3-5-8(12)6-7/h3-6,9-10H,2,14H2,1H3/t9?,10-/m1/s1. The van der Waals surface area contributed by atoms with Crippen LogP contribution in [0.3, 0.4) is 0 Å². The highest BCUT2D eigenvalue weighted by Gasteiger charge is 2.27. The number of alkyl halides is 1. The van der Waals surface area contributed by atoms with Gasteiger partial charge in [-0.25, -0.2) is 9.18 Å². The van der Waals surface area contributed by atoms with E-state index < -0.39 is 18.2 Å². The van der Waals surface area contributed by atoms with Crippen LogP contribution in [0, 0.1) is 0 Å². The van der Waals surface area contributed by atoms with Crippen molar-refractivity contribution in [3.8, 4) is 0 Å². The molecule has 0 aliphatic heterocycles. The molecular weight excluding hydrogens is 233 g/mol. The third kappa shape index (κ3) is 3.18. The van der Waals surface area contributed by atoms with Gasteiger partial charge in [0.25, 0.3) is 0 Å². The van der Waals surface area contributed by atoms with Gasteiger partial charge in [0.05, 0.1) is 12.6 Å². The summed E-state index contributed by atoms with van der Waals surface area (Å²) < 4.78 is 18.1. The van der Waals surface area contributed by atoms with E-state index in [1.54, 1.807) is 25.1 Å². The summed E-state index contributed by atoms with van der Waals surface area (Å²) in [4.78, 5) is 11.1. The number of hydrogen-bond acceptors (Lipinski definition) is 3. The van der Waals surface area contributed by atoms with Crippen LogP contribution < -0.4 is 5.73 Å². The molecule has 0 amide bonds. The van der Waals surface area contributed by atoms with Crippen molar-refractivity contribution in [2.75, 3.05) is 6.61 Å². The number of carbonyl (C=O) groups excluding carboxylic acids is 1. The highest BCUT2D eigenvalue weighted by atomic mass is 35.5. The van der Waals surface area contributed by atoms with Crippen LogP contribution in [-0.4, -0.2) is 18.7 Å². The second kappa shape index (κ2) is 5.82. The summed E-state index contributed by atoms with van der Waals surface area (Å²) in [5.41, 5.74) is 6.07. The van der Waals surface area contributed by atoms with Crippen LogP contribution in [0.5, 0.6) is 0 Å². The van der Waals surface area contributed by atoms with E-state index in [1.807, 2.05) is 0 Å². The Labute approximate surface area is 98.3 Å². The molecule has 1 unspecified atom stereocenters. The normalized spacial score (nSPS) is 14.2. The third-order valence-electron chi connectivity index (χ3n) is 2.06. The maximum Gasteiger partial charge on any atom is 0.342 e.